The van der Waals surface area contributed by atoms with E-state index in [0.717, 1.165) is 19.2 Å². The average Bonchev–Trinajstić information content (AvgIpc) is 2.90. The zero-order chi connectivity index (χ0) is 19.4. The summed E-state index contributed by atoms with van der Waals surface area (Å²) in [5, 5.41) is 22.8. The molecule has 0 saturated heterocycles. The summed E-state index contributed by atoms with van der Waals surface area (Å²) in [5.41, 5.74) is 4.28. The molecule has 0 bridgehead atoms. The maximum Gasteiger partial charge on any atom is 0.337 e. The van der Waals surface area contributed by atoms with Gasteiger partial charge in [0.05, 0.1) is 30.8 Å². The predicted molar refractivity (Wildman–Crippen MR) is 87.9 cm³/mol. The molecule has 11 nitrogen and oxygen atoms in total. The van der Waals surface area contributed by atoms with Crippen LogP contribution in [0, 0.1) is 10.1 Å². The maximum atomic E-state index is 12.4. The molecular formula is C15H16N4O7. The Morgan fingerprint density at radius 3 is 2.69 bits per heavy atom. The first kappa shape index (κ1) is 18.9. The molecule has 1 aromatic rings. The van der Waals surface area contributed by atoms with Crippen LogP contribution < -0.4 is 11.1 Å². The van der Waals surface area contributed by atoms with Crippen LogP contribution in [0.4, 0.5) is 11.4 Å². The molecule has 138 valence electrons. The summed E-state index contributed by atoms with van der Waals surface area (Å²) in [6.07, 6.45) is 0. The van der Waals surface area contributed by atoms with Crippen LogP contribution in [0.3, 0.4) is 0 Å². The summed E-state index contributed by atoms with van der Waals surface area (Å²) in [5.74, 6) is -2.28. The fourth-order valence-electron chi connectivity index (χ4n) is 2.46. The van der Waals surface area contributed by atoms with Crippen molar-refractivity contribution in [3.05, 3.63) is 45.1 Å². The van der Waals surface area contributed by atoms with E-state index in [2.05, 4.69) is 10.1 Å². The van der Waals surface area contributed by atoms with Crippen molar-refractivity contribution in [2.45, 2.75) is 0 Å². The lowest BCUT2D eigenvalue weighted by Gasteiger charge is -2.15. The second-order valence-corrected chi connectivity index (χ2v) is 5.27. The van der Waals surface area contributed by atoms with Crippen molar-refractivity contribution in [2.24, 2.45) is 5.73 Å². The number of nitrogens with one attached hydrogen (secondary N) is 1. The maximum absolute atomic E-state index is 12.4. The van der Waals surface area contributed by atoms with Gasteiger partial charge in [-0.3, -0.25) is 19.7 Å². The Hall–Kier alpha value is -3.47. The molecule has 0 radical (unpaired) electrons. The monoisotopic (exact) mass is 364 g/mol. The highest BCUT2D eigenvalue weighted by Crippen LogP contribution is 2.27. The number of nitrogens with zero attached hydrogens (tertiary/aromatic N) is 2. The average molecular weight is 364 g/mol. The minimum atomic E-state index is -0.969. The van der Waals surface area contributed by atoms with Gasteiger partial charge in [-0.15, -0.1) is 0 Å². The Bertz CT molecular complexity index is 818. The summed E-state index contributed by atoms with van der Waals surface area (Å²) < 4.78 is 4.64. The number of ether oxygens (including phenoxy) is 1. The fraction of sp³-hybridized carbons (Fsp3) is 0.267. The van der Waals surface area contributed by atoms with E-state index in [9.17, 15) is 24.5 Å². The van der Waals surface area contributed by atoms with E-state index in [-0.39, 0.29) is 42.2 Å². The number of primary amides is 1. The fourth-order valence-corrected chi connectivity index (χ4v) is 2.46. The first-order chi connectivity index (χ1) is 12.3. The van der Waals surface area contributed by atoms with Crippen molar-refractivity contribution < 1.29 is 29.2 Å². The Morgan fingerprint density at radius 2 is 2.15 bits per heavy atom. The highest BCUT2D eigenvalue weighted by Gasteiger charge is 2.34. The molecule has 1 aliphatic rings. The Balaban J connectivity index is 2.42. The van der Waals surface area contributed by atoms with Crippen LogP contribution in [-0.2, 0) is 14.3 Å². The molecule has 1 aliphatic heterocycles. The number of benzene rings is 1. The SMILES string of the molecule is COC(=O)C1=C(Nc2ccc(C(N)=O)c([N+](=O)[O-])c2)C(=O)N(CCO)C1. The number of nitro benzene ring substituents is 1. The van der Waals surface area contributed by atoms with Gasteiger partial charge in [0.2, 0.25) is 0 Å². The topological polar surface area (TPSA) is 165 Å². The molecule has 26 heavy (non-hydrogen) atoms. The van der Waals surface area contributed by atoms with Gasteiger partial charge in [0.1, 0.15) is 11.3 Å². The van der Waals surface area contributed by atoms with E-state index in [1.165, 1.54) is 11.0 Å². The van der Waals surface area contributed by atoms with Gasteiger partial charge in [-0.05, 0) is 12.1 Å². The molecule has 0 fully saturated rings. The number of carbonyl (C=O) groups excluding carboxylic acids is 3. The van der Waals surface area contributed by atoms with E-state index in [1.54, 1.807) is 0 Å². The lowest BCUT2D eigenvalue weighted by molar-refractivity contribution is -0.385. The van der Waals surface area contributed by atoms with Crippen molar-refractivity contribution in [3.63, 3.8) is 0 Å². The van der Waals surface area contributed by atoms with Gasteiger partial charge < -0.3 is 25.8 Å². The molecule has 0 aromatic heterocycles. The molecule has 0 atom stereocenters. The zero-order valence-corrected chi connectivity index (χ0v) is 13.7. The number of rotatable bonds is 7. The summed E-state index contributed by atoms with van der Waals surface area (Å²) in [4.78, 5) is 47.1. The second-order valence-electron chi connectivity index (χ2n) is 5.27. The third kappa shape index (κ3) is 3.62. The van der Waals surface area contributed by atoms with E-state index in [1.807, 2.05) is 0 Å². The molecule has 2 amide bonds. The van der Waals surface area contributed by atoms with Gasteiger partial charge in [0, 0.05) is 18.3 Å². The van der Waals surface area contributed by atoms with Gasteiger partial charge in [-0.2, -0.15) is 0 Å². The molecular weight excluding hydrogens is 348 g/mol. The third-order valence-corrected chi connectivity index (χ3v) is 3.68. The second kappa shape index (κ2) is 7.61. The normalized spacial score (nSPS) is 13.8. The summed E-state index contributed by atoms with van der Waals surface area (Å²) in [6.45, 7) is -0.368. The lowest BCUT2D eigenvalue weighted by atomic mass is 10.1. The number of aliphatic hydroxyl groups excluding tert-OH is 1. The number of hydrogen-bond acceptors (Lipinski definition) is 8. The van der Waals surface area contributed by atoms with Gasteiger partial charge >= 0.3 is 5.97 Å². The first-order valence-corrected chi connectivity index (χ1v) is 7.37. The Labute approximate surface area is 147 Å². The van der Waals surface area contributed by atoms with Gasteiger partial charge in [-0.25, -0.2) is 4.79 Å². The minimum absolute atomic E-state index is 0.00523. The van der Waals surface area contributed by atoms with E-state index in [4.69, 9.17) is 10.8 Å². The van der Waals surface area contributed by atoms with Crippen LogP contribution in [0.15, 0.2) is 29.5 Å². The number of amides is 2. The van der Waals surface area contributed by atoms with E-state index >= 15 is 0 Å². The first-order valence-electron chi connectivity index (χ1n) is 7.37. The standard InChI is InChI=1S/C15H16N4O7/c1-26-15(23)10-7-18(4-5-20)14(22)12(10)17-8-2-3-9(13(16)21)11(6-8)19(24)25/h2-3,6,17,20H,4-5,7H2,1H3,(H2,16,21). The van der Waals surface area contributed by atoms with Gasteiger partial charge in [-0.1, -0.05) is 0 Å². The predicted octanol–water partition coefficient (Wildman–Crippen LogP) is -0.633. The number of anilines is 1. The Morgan fingerprint density at radius 1 is 1.46 bits per heavy atom. The molecule has 0 aliphatic carbocycles. The molecule has 0 saturated carbocycles. The van der Waals surface area contributed by atoms with Crippen LogP contribution in [-0.4, -0.2) is 59.5 Å². The molecule has 2 rings (SSSR count). The highest BCUT2D eigenvalue weighted by atomic mass is 16.6. The van der Waals surface area contributed by atoms with Crippen LogP contribution >= 0.6 is 0 Å². The minimum Gasteiger partial charge on any atom is -0.466 e. The summed E-state index contributed by atoms with van der Waals surface area (Å²) in [7, 11) is 1.15. The largest absolute Gasteiger partial charge is 0.466 e. The zero-order valence-electron chi connectivity index (χ0n) is 13.7. The third-order valence-electron chi connectivity index (χ3n) is 3.68. The number of carbonyl (C=O) groups is 3. The number of nitro groups is 1. The molecule has 1 heterocycles. The highest BCUT2D eigenvalue weighted by molar-refractivity contribution is 6.08. The van der Waals surface area contributed by atoms with Crippen LogP contribution in [0.2, 0.25) is 0 Å². The van der Waals surface area contributed by atoms with Crippen molar-refractivity contribution in [3.8, 4) is 0 Å². The lowest BCUT2D eigenvalue weighted by Crippen LogP contribution is -2.31. The Kier molecular flexibility index (Phi) is 5.52. The number of nitrogens with two attached hydrogens (primary N) is 1. The van der Waals surface area contributed by atoms with E-state index in [0.29, 0.717) is 0 Å². The van der Waals surface area contributed by atoms with Crippen molar-refractivity contribution in [2.75, 3.05) is 32.1 Å². The molecule has 1 aromatic carbocycles. The van der Waals surface area contributed by atoms with Gasteiger partial charge in [0.15, 0.2) is 0 Å². The number of aliphatic hydroxyl groups is 1. The van der Waals surface area contributed by atoms with Crippen molar-refractivity contribution >= 4 is 29.2 Å². The van der Waals surface area contributed by atoms with E-state index < -0.39 is 28.4 Å². The molecule has 11 heteroatoms. The van der Waals surface area contributed by atoms with Crippen molar-refractivity contribution in [1.29, 1.82) is 0 Å². The molecule has 0 unspecified atom stereocenters. The summed E-state index contributed by atoms with van der Waals surface area (Å²) >= 11 is 0. The number of β-amino-alcohol motifs (C(OH)–C–C–N with tert-alkyl or cyclic N) is 1. The number of esters is 1. The molecule has 0 spiro atoms. The van der Waals surface area contributed by atoms with Gasteiger partial charge in [0.25, 0.3) is 17.5 Å². The van der Waals surface area contributed by atoms with Crippen LogP contribution in [0.5, 0.6) is 0 Å². The number of methoxy groups -OCH3 is 1. The summed E-state index contributed by atoms with van der Waals surface area (Å²) in [6, 6.07) is 3.49. The smallest absolute Gasteiger partial charge is 0.337 e. The number of hydrogen-bond donors (Lipinski definition) is 3. The van der Waals surface area contributed by atoms with Crippen molar-refractivity contribution in [1.82, 2.24) is 4.90 Å². The quantitative estimate of drug-likeness (QED) is 0.327. The van der Waals surface area contributed by atoms with Crippen LogP contribution in [0.25, 0.3) is 0 Å². The molecule has 4 N–H and O–H groups in total. The van der Waals surface area contributed by atoms with Crippen LogP contribution in [0.1, 0.15) is 10.4 Å².